The Morgan fingerprint density at radius 1 is 1.64 bits per heavy atom. The molecular weight excluding hydrogens is 178 g/mol. The maximum Gasteiger partial charge on any atom is 0.322 e. The van der Waals surface area contributed by atoms with E-state index in [1.54, 1.807) is 0 Å². The maximum atomic E-state index is 11.1. The first-order valence-electron chi connectivity index (χ1n) is 5.20. The van der Waals surface area contributed by atoms with E-state index < -0.39 is 0 Å². The van der Waals surface area contributed by atoms with Crippen LogP contribution in [-0.4, -0.2) is 25.7 Å². The Morgan fingerprint density at radius 3 is 3.00 bits per heavy atom. The van der Waals surface area contributed by atoms with Crippen LogP contribution in [-0.2, 0) is 9.53 Å². The van der Waals surface area contributed by atoms with E-state index in [9.17, 15) is 4.79 Å². The normalized spacial score (nSPS) is 23.1. The largest absolute Gasteiger partial charge is 0.468 e. The molecule has 0 fully saturated rings. The lowest BCUT2D eigenvalue weighted by Gasteiger charge is -2.20. The number of rotatable bonds is 4. The zero-order chi connectivity index (χ0) is 10.4. The van der Waals surface area contributed by atoms with Gasteiger partial charge in [-0.05, 0) is 38.6 Å². The summed E-state index contributed by atoms with van der Waals surface area (Å²) in [5.74, 6) is 0.489. The molecule has 0 amide bonds. The van der Waals surface area contributed by atoms with Crippen molar-refractivity contribution < 1.29 is 9.53 Å². The van der Waals surface area contributed by atoms with E-state index in [2.05, 4.69) is 22.2 Å². The zero-order valence-corrected chi connectivity index (χ0v) is 8.95. The summed E-state index contributed by atoms with van der Waals surface area (Å²) in [4.78, 5) is 11.1. The Hall–Kier alpha value is -0.830. The maximum absolute atomic E-state index is 11.1. The van der Waals surface area contributed by atoms with Gasteiger partial charge in [0.25, 0.3) is 0 Å². The first-order valence-corrected chi connectivity index (χ1v) is 5.20. The molecule has 0 aliphatic heterocycles. The van der Waals surface area contributed by atoms with Crippen molar-refractivity contribution in [2.45, 2.75) is 32.2 Å². The topological polar surface area (TPSA) is 38.3 Å². The van der Waals surface area contributed by atoms with Crippen molar-refractivity contribution in [2.75, 3.05) is 13.7 Å². The summed E-state index contributed by atoms with van der Waals surface area (Å²) in [5, 5.41) is 3.19. The minimum absolute atomic E-state index is 0.184. The molecule has 0 heterocycles. The van der Waals surface area contributed by atoms with Crippen LogP contribution in [0.5, 0.6) is 0 Å². The van der Waals surface area contributed by atoms with E-state index in [1.807, 2.05) is 6.92 Å². The first kappa shape index (κ1) is 11.2. The molecule has 0 radical (unpaired) electrons. The molecule has 0 saturated heterocycles. The quantitative estimate of drug-likeness (QED) is 0.548. The second kappa shape index (κ2) is 5.81. The third-order valence-electron chi connectivity index (χ3n) is 2.65. The average Bonchev–Trinajstić information content (AvgIpc) is 2.26. The third-order valence-corrected chi connectivity index (χ3v) is 2.65. The molecule has 0 aromatic carbocycles. The number of methoxy groups -OCH3 is 1. The predicted octanol–water partition coefficient (Wildman–Crippen LogP) is 1.49. The summed E-state index contributed by atoms with van der Waals surface area (Å²) in [6.45, 7) is 2.74. The molecule has 1 aliphatic carbocycles. The van der Waals surface area contributed by atoms with Gasteiger partial charge >= 0.3 is 5.97 Å². The highest BCUT2D eigenvalue weighted by Crippen LogP contribution is 2.16. The molecule has 0 saturated carbocycles. The fraction of sp³-hybridized carbons (Fsp3) is 0.727. The first-order chi connectivity index (χ1) is 6.74. The van der Waals surface area contributed by atoms with Crippen LogP contribution in [0.4, 0.5) is 0 Å². The highest BCUT2D eigenvalue weighted by atomic mass is 16.5. The molecule has 1 unspecified atom stereocenters. The number of carbonyl (C=O) groups excluding carboxylic acids is 1. The van der Waals surface area contributed by atoms with E-state index in [4.69, 9.17) is 0 Å². The van der Waals surface area contributed by atoms with Gasteiger partial charge in [0.05, 0.1) is 7.11 Å². The van der Waals surface area contributed by atoms with Crippen molar-refractivity contribution in [3.63, 3.8) is 0 Å². The third kappa shape index (κ3) is 3.50. The van der Waals surface area contributed by atoms with Gasteiger partial charge in [-0.2, -0.15) is 0 Å². The van der Waals surface area contributed by atoms with E-state index >= 15 is 0 Å². The Morgan fingerprint density at radius 2 is 2.43 bits per heavy atom. The summed E-state index contributed by atoms with van der Waals surface area (Å²) in [6.07, 6.45) is 7.95. The molecule has 0 aromatic rings. The molecule has 3 heteroatoms. The SMILES string of the molecule is COC(=O)[C@H](C)NCC1CC=CCC1. The summed E-state index contributed by atoms with van der Waals surface area (Å²) in [5.41, 5.74) is 0. The second-order valence-electron chi connectivity index (χ2n) is 3.80. The van der Waals surface area contributed by atoms with Gasteiger partial charge in [0.2, 0.25) is 0 Å². The van der Waals surface area contributed by atoms with E-state index in [0.717, 1.165) is 13.0 Å². The molecule has 0 aromatic heterocycles. The fourth-order valence-electron chi connectivity index (χ4n) is 1.65. The highest BCUT2D eigenvalue weighted by molar-refractivity contribution is 5.75. The summed E-state index contributed by atoms with van der Waals surface area (Å²) in [7, 11) is 1.42. The van der Waals surface area contributed by atoms with Crippen LogP contribution in [0.25, 0.3) is 0 Å². The lowest BCUT2D eigenvalue weighted by Crippen LogP contribution is -2.38. The van der Waals surface area contributed by atoms with Gasteiger partial charge in [0.1, 0.15) is 6.04 Å². The number of hydrogen-bond acceptors (Lipinski definition) is 3. The van der Waals surface area contributed by atoms with Gasteiger partial charge in [0, 0.05) is 0 Å². The van der Waals surface area contributed by atoms with Gasteiger partial charge < -0.3 is 10.1 Å². The summed E-state index contributed by atoms with van der Waals surface area (Å²) >= 11 is 0. The van der Waals surface area contributed by atoms with E-state index in [1.165, 1.54) is 20.0 Å². The molecule has 0 bridgehead atoms. The second-order valence-corrected chi connectivity index (χ2v) is 3.80. The van der Waals surface area contributed by atoms with Crippen LogP contribution < -0.4 is 5.32 Å². The number of nitrogens with one attached hydrogen (secondary N) is 1. The van der Waals surface area contributed by atoms with Crippen molar-refractivity contribution in [1.29, 1.82) is 0 Å². The Bertz CT molecular complexity index is 213. The molecule has 3 nitrogen and oxygen atoms in total. The molecular formula is C11H19NO2. The number of allylic oxidation sites excluding steroid dienone is 2. The van der Waals surface area contributed by atoms with Crippen LogP contribution in [0, 0.1) is 5.92 Å². The van der Waals surface area contributed by atoms with Crippen LogP contribution in [0.1, 0.15) is 26.2 Å². The smallest absolute Gasteiger partial charge is 0.322 e. The molecule has 0 spiro atoms. The molecule has 1 N–H and O–H groups in total. The molecule has 1 aliphatic rings. The van der Waals surface area contributed by atoms with E-state index in [-0.39, 0.29) is 12.0 Å². The number of ether oxygens (including phenoxy) is 1. The van der Waals surface area contributed by atoms with Crippen molar-refractivity contribution in [3.05, 3.63) is 12.2 Å². The van der Waals surface area contributed by atoms with E-state index in [0.29, 0.717) is 5.92 Å². The van der Waals surface area contributed by atoms with Crippen molar-refractivity contribution in [2.24, 2.45) is 5.92 Å². The Balaban J connectivity index is 2.19. The number of carbonyl (C=O) groups is 1. The van der Waals surface area contributed by atoms with Gasteiger partial charge in [-0.1, -0.05) is 12.2 Å². The van der Waals surface area contributed by atoms with Crippen molar-refractivity contribution in [1.82, 2.24) is 5.32 Å². The number of hydrogen-bond donors (Lipinski definition) is 1. The molecule has 2 atom stereocenters. The fourth-order valence-corrected chi connectivity index (χ4v) is 1.65. The van der Waals surface area contributed by atoms with Crippen molar-refractivity contribution in [3.8, 4) is 0 Å². The molecule has 80 valence electrons. The Labute approximate surface area is 85.5 Å². The standard InChI is InChI=1S/C11H19NO2/c1-9(11(13)14-2)12-8-10-6-4-3-5-7-10/h3-4,9-10,12H,5-8H2,1-2H3/t9-,10?/m0/s1. The zero-order valence-electron chi connectivity index (χ0n) is 8.95. The summed E-state index contributed by atoms with van der Waals surface area (Å²) in [6, 6.07) is -0.189. The van der Waals surface area contributed by atoms with Gasteiger partial charge in [0.15, 0.2) is 0 Å². The highest BCUT2D eigenvalue weighted by Gasteiger charge is 2.15. The Kier molecular flexibility index (Phi) is 4.66. The lowest BCUT2D eigenvalue weighted by atomic mass is 9.94. The predicted molar refractivity (Wildman–Crippen MR) is 56.0 cm³/mol. The minimum Gasteiger partial charge on any atom is -0.468 e. The van der Waals surface area contributed by atoms with Crippen LogP contribution in [0.15, 0.2) is 12.2 Å². The lowest BCUT2D eigenvalue weighted by molar-refractivity contribution is -0.142. The van der Waals surface area contributed by atoms with Gasteiger partial charge in [-0.15, -0.1) is 0 Å². The van der Waals surface area contributed by atoms with Crippen molar-refractivity contribution >= 4 is 5.97 Å². The number of esters is 1. The average molecular weight is 197 g/mol. The molecule has 14 heavy (non-hydrogen) atoms. The molecule has 1 rings (SSSR count). The summed E-state index contributed by atoms with van der Waals surface area (Å²) < 4.78 is 4.64. The van der Waals surface area contributed by atoms with Crippen LogP contribution in [0.3, 0.4) is 0 Å². The monoisotopic (exact) mass is 197 g/mol. The van der Waals surface area contributed by atoms with Gasteiger partial charge in [-0.3, -0.25) is 4.79 Å². The van der Waals surface area contributed by atoms with Crippen LogP contribution >= 0.6 is 0 Å². The van der Waals surface area contributed by atoms with Crippen LogP contribution in [0.2, 0.25) is 0 Å². The minimum atomic E-state index is -0.189. The van der Waals surface area contributed by atoms with Gasteiger partial charge in [-0.25, -0.2) is 0 Å².